The van der Waals surface area contributed by atoms with E-state index in [-0.39, 0.29) is 35.9 Å². The molecule has 3 atom stereocenters. The van der Waals surface area contributed by atoms with E-state index in [2.05, 4.69) is 20.9 Å². The predicted octanol–water partition coefficient (Wildman–Crippen LogP) is 4.44. The largest absolute Gasteiger partial charge is 0.392 e. The molecule has 3 aromatic carbocycles. The van der Waals surface area contributed by atoms with E-state index in [4.69, 9.17) is 28.1 Å². The summed E-state index contributed by atoms with van der Waals surface area (Å²) in [6.45, 7) is 0.462. The van der Waals surface area contributed by atoms with Crippen LogP contribution in [0.3, 0.4) is 0 Å². The van der Waals surface area contributed by atoms with Gasteiger partial charge in [-0.05, 0) is 103 Å². The van der Waals surface area contributed by atoms with Crippen molar-refractivity contribution in [1.82, 2.24) is 30.8 Å². The number of halogens is 1. The first-order chi connectivity index (χ1) is 29.3. The molecule has 0 radical (unpaired) electrons. The number of nitrogens with zero attached hydrogens (tertiary/aromatic N) is 2. The number of carbonyl (C=O) groups is 3. The smallest absolute Gasteiger partial charge is 0.245 e. The number of hydrogen-bond donors (Lipinski definition) is 7. The molecule has 61 heavy (non-hydrogen) atoms. The molecule has 0 spiro atoms. The minimum Gasteiger partial charge on any atom is -0.392 e. The molecule has 6 rings (SSSR count). The number of H-pyrrole nitrogens is 1. The van der Waals surface area contributed by atoms with Gasteiger partial charge in [-0.1, -0.05) is 65.8 Å². The normalized spacial score (nSPS) is 18.3. The maximum absolute atomic E-state index is 14.8. The number of para-hydroxylation sites is 1. The molecule has 0 unspecified atom stereocenters. The summed E-state index contributed by atoms with van der Waals surface area (Å²) in [4.78, 5) is 53.5. The molecule has 1 aliphatic rings. The Balaban J connectivity index is 1.51. The van der Waals surface area contributed by atoms with Crippen LogP contribution >= 0.6 is 23.4 Å². The number of nitrogens with one attached hydrogen (secondary N) is 4. The Labute approximate surface area is 365 Å². The minimum absolute atomic E-state index is 0.0254. The van der Waals surface area contributed by atoms with Crippen molar-refractivity contribution in [2.75, 3.05) is 26.4 Å². The van der Waals surface area contributed by atoms with E-state index in [1.165, 1.54) is 22.7 Å². The monoisotopic (exact) mass is 888 g/mol. The van der Waals surface area contributed by atoms with Crippen LogP contribution in [0.15, 0.2) is 93.9 Å². The number of carbonyl (C=O) groups excluding carboxylic acids is 3. The average Bonchev–Trinajstić information content (AvgIpc) is 3.67. The number of aromatic nitrogens is 2. The Hall–Kier alpha value is -4.81. The Morgan fingerprint density at radius 3 is 2.44 bits per heavy atom. The summed E-state index contributed by atoms with van der Waals surface area (Å²) in [5.41, 5.74) is 16.1. The fraction of sp³-hybridized carbons (Fsp3) is 0.364. The highest BCUT2D eigenvalue weighted by molar-refractivity contribution is 7.99. The third-order valence-electron chi connectivity index (χ3n) is 11.0. The van der Waals surface area contributed by atoms with Gasteiger partial charge in [0, 0.05) is 61.0 Å². The lowest BCUT2D eigenvalue weighted by Gasteiger charge is -2.32. The molecule has 17 heteroatoms. The van der Waals surface area contributed by atoms with Crippen LogP contribution < -0.4 is 27.4 Å². The van der Waals surface area contributed by atoms with Gasteiger partial charge in [0.15, 0.2) is 9.84 Å². The summed E-state index contributed by atoms with van der Waals surface area (Å²) >= 11 is 8.31. The quantitative estimate of drug-likeness (QED) is 0.0868. The first-order valence-electron chi connectivity index (χ1n) is 20.2. The number of likely N-dealkylation sites (N-methyl/N-ethyl adjacent to an activating group) is 1. The molecule has 5 aromatic rings. The number of amides is 3. The number of hydrogen-bond acceptors (Lipinski definition) is 11. The lowest BCUT2D eigenvalue weighted by Crippen LogP contribution is -2.57. The van der Waals surface area contributed by atoms with Crippen molar-refractivity contribution in [3.63, 3.8) is 0 Å². The molecule has 14 nitrogen and oxygen atoms in total. The number of aromatic amines is 1. The Bertz CT molecular complexity index is 2480. The van der Waals surface area contributed by atoms with E-state index >= 15 is 0 Å². The molecule has 0 saturated carbocycles. The number of benzene rings is 3. The maximum atomic E-state index is 14.8. The number of pyridine rings is 1. The first kappa shape index (κ1) is 45.7. The summed E-state index contributed by atoms with van der Waals surface area (Å²) in [6, 6.07) is 16.9. The van der Waals surface area contributed by atoms with Gasteiger partial charge in [0.1, 0.15) is 17.1 Å². The third kappa shape index (κ3) is 11.0. The zero-order chi connectivity index (χ0) is 43.7. The predicted molar refractivity (Wildman–Crippen MR) is 238 cm³/mol. The van der Waals surface area contributed by atoms with E-state index in [0.29, 0.717) is 76.8 Å². The summed E-state index contributed by atoms with van der Waals surface area (Å²) in [7, 11) is -2.17. The number of unbranched alkanes of at least 4 members (excludes halogenated alkanes) is 1. The van der Waals surface area contributed by atoms with Crippen LogP contribution in [0.4, 0.5) is 0 Å². The summed E-state index contributed by atoms with van der Waals surface area (Å²) in [5.74, 6) is -1.27. The number of rotatable bonds is 12. The van der Waals surface area contributed by atoms with E-state index < -0.39 is 46.4 Å². The van der Waals surface area contributed by atoms with Crippen LogP contribution in [-0.4, -0.2) is 90.6 Å². The molecule has 1 aliphatic heterocycles. The molecular formula is C44H53ClN8O6S2. The number of fused-ring (bicyclic) bond motifs is 3. The Morgan fingerprint density at radius 1 is 0.918 bits per heavy atom. The molecule has 0 aliphatic carbocycles. The van der Waals surface area contributed by atoms with E-state index in [0.717, 1.165) is 28.3 Å². The standard InChI is InChI=1S/C44H53ClN8O6S2/c1-53-38(21-30-24-49-35-11-4-3-10-32(30)35)42(56)51-25-33-31(27-14-15-29(26-54)39(22-27)61(2,58)59)16-17-34(45)40(33)60-43-28(9-8-20-48-43)23-50-36(13-7-19-47)41(55)52-37(44(53)57)12-5-6-18-46/h3-4,8-11,14-17,20,22,24,36-38,49-50,54H,5-7,12-13,18-19,21,23,25-26,46-47H2,1-2H3,(H,51,56)(H,52,55)/t36-,37-,38-/m0/s1. The zero-order valence-electron chi connectivity index (χ0n) is 34.2. The Kier molecular flexibility index (Phi) is 15.6. The number of aliphatic hydroxyl groups excluding tert-OH is 1. The second-order valence-electron chi connectivity index (χ2n) is 15.2. The second kappa shape index (κ2) is 20.8. The SMILES string of the molecule is CN1C(=O)[C@H](CCCCN)NC(=O)[C@H](CCCN)NCc2cccnc2Sc2c(Cl)ccc(-c3ccc(CO)c(S(C)(=O)=O)c3)c2CNC(=O)[C@@H]1Cc1c[nH]c2ccccc12. The van der Waals surface area contributed by atoms with E-state index in [1.807, 2.05) is 36.5 Å². The van der Waals surface area contributed by atoms with Crippen molar-refractivity contribution in [3.05, 3.63) is 106 Å². The van der Waals surface area contributed by atoms with Crippen molar-refractivity contribution in [2.24, 2.45) is 11.5 Å². The topological polar surface area (TPSA) is 226 Å². The van der Waals surface area contributed by atoms with Crippen molar-refractivity contribution >= 4 is 61.8 Å². The van der Waals surface area contributed by atoms with Crippen LogP contribution in [0.25, 0.3) is 22.0 Å². The van der Waals surface area contributed by atoms with Gasteiger partial charge in [-0.3, -0.25) is 14.4 Å². The van der Waals surface area contributed by atoms with Crippen LogP contribution in [-0.2, 0) is 50.3 Å². The van der Waals surface area contributed by atoms with Crippen molar-refractivity contribution in [1.29, 1.82) is 0 Å². The van der Waals surface area contributed by atoms with Crippen LogP contribution in [0.2, 0.25) is 5.02 Å². The first-order valence-corrected chi connectivity index (χ1v) is 23.3. The van der Waals surface area contributed by atoms with Gasteiger partial charge in [0.05, 0.1) is 22.6 Å². The van der Waals surface area contributed by atoms with Gasteiger partial charge in [-0.15, -0.1) is 0 Å². The summed E-state index contributed by atoms with van der Waals surface area (Å²) in [5, 5.41) is 21.4. The van der Waals surface area contributed by atoms with Gasteiger partial charge >= 0.3 is 0 Å². The molecule has 0 fully saturated rings. The molecular weight excluding hydrogens is 836 g/mol. The highest BCUT2D eigenvalue weighted by Gasteiger charge is 2.34. The van der Waals surface area contributed by atoms with E-state index in [9.17, 15) is 27.9 Å². The Morgan fingerprint density at radius 2 is 1.69 bits per heavy atom. The van der Waals surface area contributed by atoms with Crippen molar-refractivity contribution in [3.8, 4) is 11.1 Å². The maximum Gasteiger partial charge on any atom is 0.245 e. The van der Waals surface area contributed by atoms with Crippen molar-refractivity contribution < 1.29 is 27.9 Å². The van der Waals surface area contributed by atoms with Gasteiger partial charge < -0.3 is 42.4 Å². The molecule has 0 bridgehead atoms. The lowest BCUT2D eigenvalue weighted by atomic mass is 9.97. The average molecular weight is 890 g/mol. The van der Waals surface area contributed by atoms with Crippen LogP contribution in [0.1, 0.15) is 54.4 Å². The minimum atomic E-state index is -3.75. The summed E-state index contributed by atoms with van der Waals surface area (Å²) in [6.07, 6.45) is 7.17. The summed E-state index contributed by atoms with van der Waals surface area (Å²) < 4.78 is 25.9. The third-order valence-corrected chi connectivity index (χ3v) is 13.8. The molecule has 9 N–H and O–H groups in total. The molecule has 324 valence electrons. The second-order valence-corrected chi connectivity index (χ2v) is 18.6. The zero-order valence-corrected chi connectivity index (χ0v) is 36.6. The van der Waals surface area contributed by atoms with Gasteiger partial charge in [-0.25, -0.2) is 13.4 Å². The highest BCUT2D eigenvalue weighted by Crippen LogP contribution is 2.42. The fourth-order valence-electron chi connectivity index (χ4n) is 7.61. The molecule has 3 amide bonds. The fourth-order valence-corrected chi connectivity index (χ4v) is 9.90. The lowest BCUT2D eigenvalue weighted by molar-refractivity contribution is -0.142. The molecule has 2 aromatic heterocycles. The van der Waals surface area contributed by atoms with E-state index in [1.54, 1.807) is 43.6 Å². The van der Waals surface area contributed by atoms with Gasteiger partial charge in [0.25, 0.3) is 0 Å². The van der Waals surface area contributed by atoms with Crippen molar-refractivity contribution in [2.45, 2.75) is 91.2 Å². The van der Waals surface area contributed by atoms with Gasteiger partial charge in [0.2, 0.25) is 17.7 Å². The number of sulfone groups is 1. The van der Waals surface area contributed by atoms with Gasteiger partial charge in [-0.2, -0.15) is 0 Å². The van der Waals surface area contributed by atoms with Crippen LogP contribution in [0.5, 0.6) is 0 Å². The highest BCUT2D eigenvalue weighted by atomic mass is 35.5. The molecule has 0 saturated heterocycles. The van der Waals surface area contributed by atoms with Crippen LogP contribution in [0, 0.1) is 0 Å². The molecule has 3 heterocycles. The number of nitrogens with two attached hydrogens (primary N) is 2. The number of aliphatic hydroxyl groups is 1.